The van der Waals surface area contributed by atoms with E-state index in [0.29, 0.717) is 52.6 Å². The summed E-state index contributed by atoms with van der Waals surface area (Å²) >= 11 is 0. The van der Waals surface area contributed by atoms with E-state index in [0.717, 1.165) is 0 Å². The summed E-state index contributed by atoms with van der Waals surface area (Å²) in [6, 6.07) is 3.42. The molecular formula is C26H33NO8. The number of Topliss-reactive ketones (excluding diaryl/α,β-unsaturated/α-hetero) is 1. The molecule has 0 saturated heterocycles. The third kappa shape index (κ3) is 4.72. The number of nitrogens with one attached hydrogen (secondary N) is 1. The largest absolute Gasteiger partial charge is 0.493 e. The predicted molar refractivity (Wildman–Crippen MR) is 127 cm³/mol. The van der Waals surface area contributed by atoms with Gasteiger partial charge in [-0.15, -0.1) is 0 Å². The van der Waals surface area contributed by atoms with E-state index in [1.54, 1.807) is 19.1 Å². The maximum absolute atomic E-state index is 13.8. The van der Waals surface area contributed by atoms with Gasteiger partial charge in [0.05, 0.1) is 40.6 Å². The molecule has 9 heteroatoms. The summed E-state index contributed by atoms with van der Waals surface area (Å²) < 4.78 is 26.9. The van der Waals surface area contributed by atoms with E-state index >= 15 is 0 Å². The summed E-state index contributed by atoms with van der Waals surface area (Å²) in [7, 11) is 5.74. The van der Waals surface area contributed by atoms with Gasteiger partial charge in [-0.1, -0.05) is 13.8 Å². The van der Waals surface area contributed by atoms with E-state index in [9.17, 15) is 14.4 Å². The molecule has 1 aromatic carbocycles. The molecule has 9 nitrogen and oxygen atoms in total. The summed E-state index contributed by atoms with van der Waals surface area (Å²) in [5, 5.41) is 3.24. The lowest BCUT2D eigenvalue weighted by molar-refractivity contribution is -0.151. The van der Waals surface area contributed by atoms with Crippen LogP contribution in [-0.2, 0) is 23.9 Å². The first-order chi connectivity index (χ1) is 16.7. The number of ketones is 1. The first-order valence-corrected chi connectivity index (χ1v) is 11.5. The van der Waals surface area contributed by atoms with Crippen molar-refractivity contribution in [1.29, 1.82) is 0 Å². The molecule has 0 unspecified atom stereocenters. The van der Waals surface area contributed by atoms with Crippen LogP contribution in [-0.4, -0.2) is 52.8 Å². The molecule has 1 aliphatic heterocycles. The van der Waals surface area contributed by atoms with Crippen molar-refractivity contribution in [2.45, 2.75) is 39.5 Å². The molecule has 1 heterocycles. The molecule has 35 heavy (non-hydrogen) atoms. The lowest BCUT2D eigenvalue weighted by Gasteiger charge is -2.38. The smallest absolute Gasteiger partial charge is 0.336 e. The van der Waals surface area contributed by atoms with Gasteiger partial charge in [0.25, 0.3) is 0 Å². The highest BCUT2D eigenvalue weighted by atomic mass is 16.5. The van der Waals surface area contributed by atoms with Crippen molar-refractivity contribution in [3.63, 3.8) is 0 Å². The molecule has 1 aliphatic carbocycles. The molecule has 0 radical (unpaired) electrons. The minimum atomic E-state index is -0.976. The fraction of sp³-hybridized carbons (Fsp3) is 0.500. The van der Waals surface area contributed by atoms with Crippen LogP contribution in [0.15, 0.2) is 34.7 Å². The molecule has 1 aromatic rings. The lowest BCUT2D eigenvalue weighted by atomic mass is 9.69. The number of rotatable bonds is 8. The minimum absolute atomic E-state index is 0.235. The number of methoxy groups -OCH3 is 4. The van der Waals surface area contributed by atoms with Crippen molar-refractivity contribution in [2.75, 3.05) is 35.0 Å². The van der Waals surface area contributed by atoms with Gasteiger partial charge in [0.15, 0.2) is 17.3 Å². The van der Waals surface area contributed by atoms with Gasteiger partial charge in [-0.2, -0.15) is 0 Å². The van der Waals surface area contributed by atoms with Crippen molar-refractivity contribution in [2.24, 2.45) is 11.8 Å². The Morgan fingerprint density at radius 2 is 1.69 bits per heavy atom. The molecule has 0 bridgehead atoms. The van der Waals surface area contributed by atoms with Crippen molar-refractivity contribution < 1.29 is 38.1 Å². The molecule has 190 valence electrons. The quantitative estimate of drug-likeness (QED) is 0.436. The van der Waals surface area contributed by atoms with E-state index in [1.807, 2.05) is 13.8 Å². The second-order valence-corrected chi connectivity index (χ2v) is 8.63. The van der Waals surface area contributed by atoms with E-state index in [-0.39, 0.29) is 23.9 Å². The average Bonchev–Trinajstić information content (AvgIpc) is 2.85. The standard InChI is InChI=1S/C26H33NO8/c1-8-9-35-26(30)20-14(3)27-16-10-13(2)19(25(29)34-7)23(28)22(16)21(20)15-11-17(31-4)24(33-6)18(12-15)32-5/h11-13,19,21,27H,8-10H2,1-7H3/t13-,19+,21+/m1/s1. The Bertz CT molecular complexity index is 1060. The first-order valence-electron chi connectivity index (χ1n) is 11.5. The Morgan fingerprint density at radius 3 is 2.20 bits per heavy atom. The SMILES string of the molecule is CCCOC(=O)C1=C(C)NC2=C(C(=O)[C@@H](C(=O)OC)[C@H](C)C2)[C@H]1c1cc(OC)c(OC)c(OC)c1. The average molecular weight is 488 g/mol. The van der Waals surface area contributed by atoms with Crippen LogP contribution in [0.5, 0.6) is 17.2 Å². The summed E-state index contributed by atoms with van der Waals surface area (Å²) in [6.07, 6.45) is 1.09. The zero-order chi connectivity index (χ0) is 25.9. The van der Waals surface area contributed by atoms with Crippen LogP contribution >= 0.6 is 0 Å². The van der Waals surface area contributed by atoms with Crippen LogP contribution < -0.4 is 19.5 Å². The molecule has 0 aromatic heterocycles. The van der Waals surface area contributed by atoms with Crippen LogP contribution in [0.3, 0.4) is 0 Å². The number of allylic oxidation sites excluding steroid dienone is 3. The van der Waals surface area contributed by atoms with Crippen LogP contribution in [0.4, 0.5) is 0 Å². The van der Waals surface area contributed by atoms with E-state index in [2.05, 4.69) is 5.32 Å². The minimum Gasteiger partial charge on any atom is -0.493 e. The first kappa shape index (κ1) is 26.1. The molecule has 0 spiro atoms. The summed E-state index contributed by atoms with van der Waals surface area (Å²) in [6.45, 7) is 5.75. The van der Waals surface area contributed by atoms with Gasteiger partial charge >= 0.3 is 11.9 Å². The summed E-state index contributed by atoms with van der Waals surface area (Å²) in [5.74, 6) is -2.44. The Balaban J connectivity index is 2.27. The van der Waals surface area contributed by atoms with E-state index < -0.39 is 23.8 Å². The fourth-order valence-corrected chi connectivity index (χ4v) is 4.82. The normalized spacial score (nSPS) is 21.7. The second-order valence-electron chi connectivity index (χ2n) is 8.63. The Labute approximate surface area is 205 Å². The van der Waals surface area contributed by atoms with Crippen LogP contribution in [0.1, 0.15) is 45.1 Å². The number of carbonyl (C=O) groups is 3. The Morgan fingerprint density at radius 1 is 1.06 bits per heavy atom. The summed E-state index contributed by atoms with van der Waals surface area (Å²) in [4.78, 5) is 39.6. The third-order valence-electron chi connectivity index (χ3n) is 6.42. The molecule has 0 saturated carbocycles. The highest BCUT2D eigenvalue weighted by molar-refractivity contribution is 6.12. The maximum Gasteiger partial charge on any atom is 0.336 e. The predicted octanol–water partition coefficient (Wildman–Crippen LogP) is 3.28. The van der Waals surface area contributed by atoms with Crippen molar-refractivity contribution in [1.82, 2.24) is 5.32 Å². The highest BCUT2D eigenvalue weighted by Crippen LogP contribution is 2.48. The van der Waals surface area contributed by atoms with Gasteiger partial charge in [0.1, 0.15) is 5.92 Å². The highest BCUT2D eigenvalue weighted by Gasteiger charge is 2.47. The van der Waals surface area contributed by atoms with Gasteiger partial charge in [-0.05, 0) is 43.4 Å². The van der Waals surface area contributed by atoms with Gasteiger partial charge < -0.3 is 29.0 Å². The van der Waals surface area contributed by atoms with Gasteiger partial charge in [-0.3, -0.25) is 9.59 Å². The van der Waals surface area contributed by atoms with Crippen LogP contribution in [0.2, 0.25) is 0 Å². The number of hydrogen-bond acceptors (Lipinski definition) is 9. The van der Waals surface area contributed by atoms with Gasteiger partial charge in [-0.25, -0.2) is 4.79 Å². The molecule has 1 N–H and O–H groups in total. The molecule has 0 amide bonds. The van der Waals surface area contributed by atoms with Crippen molar-refractivity contribution in [3.05, 3.63) is 40.2 Å². The van der Waals surface area contributed by atoms with Gasteiger partial charge in [0, 0.05) is 22.9 Å². The zero-order valence-corrected chi connectivity index (χ0v) is 21.3. The monoisotopic (exact) mass is 487 g/mol. The van der Waals surface area contributed by atoms with Crippen LogP contribution in [0.25, 0.3) is 0 Å². The molecule has 3 rings (SSSR count). The molecule has 0 fully saturated rings. The van der Waals surface area contributed by atoms with Gasteiger partial charge in [0.2, 0.25) is 5.75 Å². The Kier molecular flexibility index (Phi) is 8.09. The molecule has 2 aliphatic rings. The molecular weight excluding hydrogens is 454 g/mol. The third-order valence-corrected chi connectivity index (χ3v) is 6.42. The number of dihydropyridines is 1. The summed E-state index contributed by atoms with van der Waals surface area (Å²) in [5.41, 5.74) is 2.45. The second kappa shape index (κ2) is 10.8. The van der Waals surface area contributed by atoms with Crippen LogP contribution in [0, 0.1) is 11.8 Å². The number of ether oxygens (including phenoxy) is 5. The number of benzene rings is 1. The lowest BCUT2D eigenvalue weighted by Crippen LogP contribution is -2.43. The topological polar surface area (TPSA) is 109 Å². The number of hydrogen-bond donors (Lipinski definition) is 1. The zero-order valence-electron chi connectivity index (χ0n) is 21.3. The van der Waals surface area contributed by atoms with E-state index in [4.69, 9.17) is 23.7 Å². The molecule has 3 atom stereocenters. The number of esters is 2. The van der Waals surface area contributed by atoms with E-state index in [1.165, 1.54) is 28.4 Å². The Hall–Kier alpha value is -3.49. The van der Waals surface area contributed by atoms with Crippen molar-refractivity contribution in [3.8, 4) is 17.2 Å². The number of carbonyl (C=O) groups excluding carboxylic acids is 3. The maximum atomic E-state index is 13.8. The van der Waals surface area contributed by atoms with Crippen molar-refractivity contribution >= 4 is 17.7 Å². The fourth-order valence-electron chi connectivity index (χ4n) is 4.82.